The summed E-state index contributed by atoms with van der Waals surface area (Å²) < 4.78 is 17.3. The van der Waals surface area contributed by atoms with Crippen LogP contribution in [-0.2, 0) is 14.2 Å². The zero-order chi connectivity index (χ0) is 10.1. The van der Waals surface area contributed by atoms with E-state index < -0.39 is 0 Å². The minimum absolute atomic E-state index is 0.150. The standard InChI is InChI=1S/C11H20O3/c1-4-8-5-12-11-9(14-7(2)3)6-13-10(8)11/h7-11H,4-6H2,1-3H3/t8-,9-,10+,11+/m1/s1. The van der Waals surface area contributed by atoms with E-state index in [0.29, 0.717) is 12.5 Å². The maximum absolute atomic E-state index is 5.77. The molecule has 0 saturated carbocycles. The molecule has 0 amide bonds. The molecular formula is C11H20O3. The molecule has 82 valence electrons. The van der Waals surface area contributed by atoms with E-state index in [9.17, 15) is 0 Å². The van der Waals surface area contributed by atoms with Crippen LogP contribution in [-0.4, -0.2) is 37.6 Å². The summed E-state index contributed by atoms with van der Waals surface area (Å²) in [5, 5.41) is 0. The summed E-state index contributed by atoms with van der Waals surface area (Å²) in [5.74, 6) is 0.570. The van der Waals surface area contributed by atoms with Gasteiger partial charge in [0, 0.05) is 5.92 Å². The molecule has 2 rings (SSSR count). The molecular weight excluding hydrogens is 180 g/mol. The highest BCUT2D eigenvalue weighted by Gasteiger charge is 2.47. The Hall–Kier alpha value is -0.120. The number of rotatable bonds is 3. The largest absolute Gasteiger partial charge is 0.372 e. The molecule has 14 heavy (non-hydrogen) atoms. The molecule has 2 aliphatic heterocycles. The quantitative estimate of drug-likeness (QED) is 0.692. The molecule has 0 spiro atoms. The fourth-order valence-electron chi connectivity index (χ4n) is 2.36. The Morgan fingerprint density at radius 2 is 1.93 bits per heavy atom. The Morgan fingerprint density at radius 1 is 1.21 bits per heavy atom. The van der Waals surface area contributed by atoms with Crippen LogP contribution in [0.25, 0.3) is 0 Å². The van der Waals surface area contributed by atoms with E-state index in [-0.39, 0.29) is 24.4 Å². The number of ether oxygens (including phenoxy) is 3. The van der Waals surface area contributed by atoms with Crippen molar-refractivity contribution in [3.8, 4) is 0 Å². The van der Waals surface area contributed by atoms with Gasteiger partial charge in [-0.1, -0.05) is 6.92 Å². The van der Waals surface area contributed by atoms with Crippen molar-refractivity contribution in [2.45, 2.75) is 51.6 Å². The van der Waals surface area contributed by atoms with Gasteiger partial charge >= 0.3 is 0 Å². The average Bonchev–Trinajstić information content (AvgIpc) is 2.67. The van der Waals surface area contributed by atoms with Gasteiger partial charge in [-0.3, -0.25) is 0 Å². The molecule has 2 heterocycles. The average molecular weight is 200 g/mol. The van der Waals surface area contributed by atoms with Gasteiger partial charge in [-0.25, -0.2) is 0 Å². The van der Waals surface area contributed by atoms with Gasteiger partial charge in [-0.2, -0.15) is 0 Å². The maximum atomic E-state index is 5.77. The molecule has 0 aromatic carbocycles. The summed E-state index contributed by atoms with van der Waals surface area (Å²) >= 11 is 0. The lowest BCUT2D eigenvalue weighted by Crippen LogP contribution is -2.33. The van der Waals surface area contributed by atoms with Crippen LogP contribution in [0, 0.1) is 5.92 Å². The number of hydrogen-bond donors (Lipinski definition) is 0. The zero-order valence-corrected chi connectivity index (χ0v) is 9.23. The smallest absolute Gasteiger partial charge is 0.112 e. The second kappa shape index (κ2) is 4.17. The van der Waals surface area contributed by atoms with Gasteiger partial charge in [-0.15, -0.1) is 0 Å². The van der Waals surface area contributed by atoms with Gasteiger partial charge in [-0.05, 0) is 20.3 Å². The number of fused-ring (bicyclic) bond motifs is 1. The minimum Gasteiger partial charge on any atom is -0.372 e. The Labute approximate surface area is 85.7 Å². The predicted molar refractivity (Wildman–Crippen MR) is 53.3 cm³/mol. The highest BCUT2D eigenvalue weighted by atomic mass is 16.6. The summed E-state index contributed by atoms with van der Waals surface area (Å²) in [6, 6.07) is 0. The molecule has 0 aromatic rings. The number of hydrogen-bond acceptors (Lipinski definition) is 3. The van der Waals surface area contributed by atoms with Crippen molar-refractivity contribution in [3.05, 3.63) is 0 Å². The summed E-state index contributed by atoms with van der Waals surface area (Å²) in [6.07, 6.45) is 2.00. The predicted octanol–water partition coefficient (Wildman–Crippen LogP) is 1.60. The van der Waals surface area contributed by atoms with Crippen molar-refractivity contribution in [1.82, 2.24) is 0 Å². The molecule has 3 nitrogen and oxygen atoms in total. The first kappa shape index (κ1) is 10.4. The fraction of sp³-hybridized carbons (Fsp3) is 1.00. The molecule has 3 heteroatoms. The van der Waals surface area contributed by atoms with E-state index >= 15 is 0 Å². The van der Waals surface area contributed by atoms with Gasteiger partial charge in [0.05, 0.1) is 25.4 Å². The summed E-state index contributed by atoms with van der Waals surface area (Å²) in [7, 11) is 0. The molecule has 0 radical (unpaired) electrons. The van der Waals surface area contributed by atoms with Crippen molar-refractivity contribution < 1.29 is 14.2 Å². The van der Waals surface area contributed by atoms with Crippen molar-refractivity contribution >= 4 is 0 Å². The third-order valence-corrected chi connectivity index (χ3v) is 3.08. The van der Waals surface area contributed by atoms with E-state index in [1.54, 1.807) is 0 Å². The van der Waals surface area contributed by atoms with E-state index in [1.165, 1.54) is 0 Å². The lowest BCUT2D eigenvalue weighted by Gasteiger charge is -2.19. The third-order valence-electron chi connectivity index (χ3n) is 3.08. The Bertz CT molecular complexity index is 193. The second-order valence-electron chi connectivity index (χ2n) is 4.49. The van der Waals surface area contributed by atoms with Crippen LogP contribution in [0.15, 0.2) is 0 Å². The minimum atomic E-state index is 0.150. The van der Waals surface area contributed by atoms with Gasteiger partial charge < -0.3 is 14.2 Å². The third kappa shape index (κ3) is 1.81. The van der Waals surface area contributed by atoms with Crippen LogP contribution in [0.1, 0.15) is 27.2 Å². The van der Waals surface area contributed by atoms with E-state index in [4.69, 9.17) is 14.2 Å². The van der Waals surface area contributed by atoms with E-state index in [2.05, 4.69) is 20.8 Å². The molecule has 0 aliphatic carbocycles. The Morgan fingerprint density at radius 3 is 2.57 bits per heavy atom. The second-order valence-corrected chi connectivity index (χ2v) is 4.49. The van der Waals surface area contributed by atoms with Gasteiger partial charge in [0.1, 0.15) is 12.2 Å². The maximum Gasteiger partial charge on any atom is 0.112 e. The summed E-state index contributed by atoms with van der Waals surface area (Å²) in [6.45, 7) is 7.84. The van der Waals surface area contributed by atoms with E-state index in [0.717, 1.165) is 13.0 Å². The molecule has 4 atom stereocenters. The van der Waals surface area contributed by atoms with Gasteiger partial charge in [0.25, 0.3) is 0 Å². The Kier molecular flexibility index (Phi) is 3.10. The van der Waals surface area contributed by atoms with Crippen molar-refractivity contribution in [2.75, 3.05) is 13.2 Å². The van der Waals surface area contributed by atoms with Crippen LogP contribution in [0.3, 0.4) is 0 Å². The first-order chi connectivity index (χ1) is 6.72. The highest BCUT2D eigenvalue weighted by molar-refractivity contribution is 4.94. The van der Waals surface area contributed by atoms with Crippen LogP contribution >= 0.6 is 0 Å². The summed E-state index contributed by atoms with van der Waals surface area (Å²) in [4.78, 5) is 0. The monoisotopic (exact) mass is 200 g/mol. The molecule has 2 fully saturated rings. The molecule has 2 aliphatic rings. The molecule has 0 bridgehead atoms. The van der Waals surface area contributed by atoms with Gasteiger partial charge in [0.2, 0.25) is 0 Å². The summed E-state index contributed by atoms with van der Waals surface area (Å²) in [5.41, 5.74) is 0. The van der Waals surface area contributed by atoms with Crippen LogP contribution in [0.5, 0.6) is 0 Å². The van der Waals surface area contributed by atoms with Crippen molar-refractivity contribution in [2.24, 2.45) is 5.92 Å². The molecule has 2 saturated heterocycles. The lowest BCUT2D eigenvalue weighted by molar-refractivity contribution is -0.0581. The molecule has 0 N–H and O–H groups in total. The van der Waals surface area contributed by atoms with Crippen molar-refractivity contribution in [1.29, 1.82) is 0 Å². The van der Waals surface area contributed by atoms with Crippen LogP contribution in [0.4, 0.5) is 0 Å². The van der Waals surface area contributed by atoms with Crippen LogP contribution < -0.4 is 0 Å². The van der Waals surface area contributed by atoms with Gasteiger partial charge in [0.15, 0.2) is 0 Å². The van der Waals surface area contributed by atoms with Crippen LogP contribution in [0.2, 0.25) is 0 Å². The lowest BCUT2D eigenvalue weighted by atomic mass is 9.99. The first-order valence-corrected chi connectivity index (χ1v) is 5.61. The topological polar surface area (TPSA) is 27.7 Å². The zero-order valence-electron chi connectivity index (χ0n) is 9.23. The first-order valence-electron chi connectivity index (χ1n) is 5.61. The highest BCUT2D eigenvalue weighted by Crippen LogP contribution is 2.34. The molecule has 0 aromatic heterocycles. The molecule has 0 unspecified atom stereocenters. The SMILES string of the molecule is CC[C@@H]1CO[C@@H]2[C@H]1OC[C@H]2OC(C)C. The van der Waals surface area contributed by atoms with Crippen molar-refractivity contribution in [3.63, 3.8) is 0 Å². The van der Waals surface area contributed by atoms with E-state index in [1.807, 2.05) is 0 Å². The normalized spacial score (nSPS) is 42.0. The fourth-order valence-corrected chi connectivity index (χ4v) is 2.36. The Balaban J connectivity index is 1.94.